The van der Waals surface area contributed by atoms with E-state index >= 15 is 0 Å². The molecule has 0 saturated heterocycles. The minimum absolute atomic E-state index is 0.992. The van der Waals surface area contributed by atoms with Gasteiger partial charge in [-0.05, 0) is 170 Å². The zero-order valence-electron chi connectivity index (χ0n) is 37.8. The first-order valence-corrected chi connectivity index (χ1v) is 23.9. The van der Waals surface area contributed by atoms with Crippen LogP contribution in [0, 0.1) is 0 Å². The van der Waals surface area contributed by atoms with Gasteiger partial charge in [0, 0.05) is 72.7 Å². The zero-order chi connectivity index (χ0) is 43.9. The molecule has 0 amide bonds. The molecule has 13 rings (SSSR count). The number of benzene rings is 8. The molecule has 320 valence electrons. The first kappa shape index (κ1) is 38.9. The van der Waals surface area contributed by atoms with Gasteiger partial charge in [-0.15, -0.1) is 0 Å². The number of hydrogen-bond acceptors (Lipinski definition) is 4. The van der Waals surface area contributed by atoms with Gasteiger partial charge in [-0.1, -0.05) is 127 Å². The number of aryl methyl sites for hydroxylation is 2. The molecule has 0 saturated carbocycles. The van der Waals surface area contributed by atoms with Crippen molar-refractivity contribution in [2.24, 2.45) is 0 Å². The Labute approximate surface area is 388 Å². The number of para-hydroxylation sites is 3. The van der Waals surface area contributed by atoms with Crippen molar-refractivity contribution < 1.29 is 0 Å². The van der Waals surface area contributed by atoms with Gasteiger partial charge in [-0.2, -0.15) is 0 Å². The van der Waals surface area contributed by atoms with E-state index in [0.29, 0.717) is 0 Å². The SMILES string of the molecule is CN1C2=C(C=CCC2)C=Cc2ccc(-c3c4ccc(N5CCCc6ccccc65)cc4c(-c4ccc5c(c4)N(C)c4ccccc4C=C5)c4ccc(N5CCCc6ccccc65)cc34)cc21. The molecule has 8 aromatic rings. The summed E-state index contributed by atoms with van der Waals surface area (Å²) in [6.07, 6.45) is 20.4. The van der Waals surface area contributed by atoms with Gasteiger partial charge in [-0.25, -0.2) is 0 Å². The van der Waals surface area contributed by atoms with Gasteiger partial charge >= 0.3 is 0 Å². The van der Waals surface area contributed by atoms with Crippen LogP contribution in [0.4, 0.5) is 39.8 Å². The van der Waals surface area contributed by atoms with Crippen molar-refractivity contribution >= 4 is 79.6 Å². The van der Waals surface area contributed by atoms with E-state index in [-0.39, 0.29) is 0 Å². The second-order valence-electron chi connectivity index (χ2n) is 18.7. The van der Waals surface area contributed by atoms with Crippen LogP contribution in [0.15, 0.2) is 175 Å². The van der Waals surface area contributed by atoms with E-state index in [2.05, 4.69) is 216 Å². The summed E-state index contributed by atoms with van der Waals surface area (Å²) in [5, 5.41) is 5.07. The molecule has 4 nitrogen and oxygen atoms in total. The lowest BCUT2D eigenvalue weighted by Crippen LogP contribution is -2.24. The molecule has 0 bridgehead atoms. The maximum atomic E-state index is 2.56. The molecule has 66 heavy (non-hydrogen) atoms. The van der Waals surface area contributed by atoms with Crippen molar-refractivity contribution in [3.8, 4) is 22.3 Å². The van der Waals surface area contributed by atoms with Gasteiger partial charge in [0.25, 0.3) is 0 Å². The largest absolute Gasteiger partial charge is 0.347 e. The van der Waals surface area contributed by atoms with Gasteiger partial charge in [0.05, 0.1) is 0 Å². The number of anilines is 7. The predicted molar refractivity (Wildman–Crippen MR) is 282 cm³/mol. The molecular weight excluding hydrogens is 801 g/mol. The fourth-order valence-corrected chi connectivity index (χ4v) is 11.8. The third-order valence-corrected chi connectivity index (χ3v) is 15.1. The molecule has 0 radical (unpaired) electrons. The van der Waals surface area contributed by atoms with Crippen molar-refractivity contribution in [2.75, 3.05) is 46.8 Å². The maximum absolute atomic E-state index is 2.56. The van der Waals surface area contributed by atoms with Crippen LogP contribution in [0.5, 0.6) is 0 Å². The summed E-state index contributed by atoms with van der Waals surface area (Å²) in [6, 6.07) is 55.8. The number of allylic oxidation sites excluding steroid dienone is 5. The van der Waals surface area contributed by atoms with Crippen LogP contribution in [-0.4, -0.2) is 27.2 Å². The van der Waals surface area contributed by atoms with Crippen LogP contribution in [0.25, 0.3) is 62.0 Å². The summed E-state index contributed by atoms with van der Waals surface area (Å²) in [4.78, 5) is 9.95. The Morgan fingerprint density at radius 3 is 1.52 bits per heavy atom. The van der Waals surface area contributed by atoms with Crippen molar-refractivity contribution in [3.05, 3.63) is 203 Å². The Hall–Kier alpha value is -7.56. The lowest BCUT2D eigenvalue weighted by Gasteiger charge is -2.33. The lowest BCUT2D eigenvalue weighted by molar-refractivity contribution is 0.767. The predicted octanol–water partition coefficient (Wildman–Crippen LogP) is 15.8. The summed E-state index contributed by atoms with van der Waals surface area (Å²) in [5.41, 5.74) is 23.0. The second-order valence-corrected chi connectivity index (χ2v) is 18.7. The molecule has 0 aromatic heterocycles. The molecule has 4 heteroatoms. The van der Waals surface area contributed by atoms with E-state index < -0.39 is 0 Å². The molecule has 4 heterocycles. The zero-order valence-corrected chi connectivity index (χ0v) is 37.8. The van der Waals surface area contributed by atoms with E-state index in [1.165, 1.54) is 123 Å². The highest BCUT2D eigenvalue weighted by molar-refractivity contribution is 6.23. The molecule has 0 N–H and O–H groups in total. The average Bonchev–Trinajstić information content (AvgIpc) is 3.61. The topological polar surface area (TPSA) is 13.0 Å². The van der Waals surface area contributed by atoms with Gasteiger partial charge < -0.3 is 19.6 Å². The Morgan fingerprint density at radius 2 is 0.909 bits per heavy atom. The molecule has 0 atom stereocenters. The van der Waals surface area contributed by atoms with Crippen LogP contribution in [0.2, 0.25) is 0 Å². The molecule has 1 aliphatic carbocycles. The smallest absolute Gasteiger partial charge is 0.0488 e. The molecular formula is C62H52N4. The third-order valence-electron chi connectivity index (χ3n) is 15.1. The Morgan fingerprint density at radius 1 is 0.394 bits per heavy atom. The van der Waals surface area contributed by atoms with E-state index in [9.17, 15) is 0 Å². The molecule has 0 spiro atoms. The van der Waals surface area contributed by atoms with Crippen LogP contribution < -0.4 is 19.6 Å². The lowest BCUT2D eigenvalue weighted by atomic mass is 9.84. The van der Waals surface area contributed by atoms with Crippen molar-refractivity contribution in [3.63, 3.8) is 0 Å². The van der Waals surface area contributed by atoms with Crippen molar-refractivity contribution in [2.45, 2.75) is 38.5 Å². The van der Waals surface area contributed by atoms with E-state index in [1.807, 2.05) is 0 Å². The van der Waals surface area contributed by atoms with Gasteiger partial charge in [0.1, 0.15) is 0 Å². The van der Waals surface area contributed by atoms with E-state index in [1.54, 1.807) is 0 Å². The summed E-state index contributed by atoms with van der Waals surface area (Å²) in [7, 11) is 4.48. The fraction of sp³-hybridized carbons (Fsp3) is 0.161. The second kappa shape index (κ2) is 15.6. The monoisotopic (exact) mass is 852 g/mol. The summed E-state index contributed by atoms with van der Waals surface area (Å²) >= 11 is 0. The molecule has 4 aliphatic heterocycles. The van der Waals surface area contributed by atoms with Crippen LogP contribution >= 0.6 is 0 Å². The minimum atomic E-state index is 0.992. The summed E-state index contributed by atoms with van der Waals surface area (Å²) in [5.74, 6) is 0. The fourth-order valence-electron chi connectivity index (χ4n) is 11.8. The normalized spacial score (nSPS) is 16.1. The van der Waals surface area contributed by atoms with Crippen LogP contribution in [0.3, 0.4) is 0 Å². The number of hydrogen-bond donors (Lipinski definition) is 0. The highest BCUT2D eigenvalue weighted by Gasteiger charge is 2.26. The minimum Gasteiger partial charge on any atom is -0.347 e. The van der Waals surface area contributed by atoms with Gasteiger partial charge in [0.15, 0.2) is 0 Å². The highest BCUT2D eigenvalue weighted by Crippen LogP contribution is 2.50. The number of rotatable bonds is 4. The number of nitrogens with zero attached hydrogens (tertiary/aromatic N) is 4. The first-order valence-electron chi connectivity index (χ1n) is 23.9. The summed E-state index contributed by atoms with van der Waals surface area (Å²) < 4.78 is 0. The van der Waals surface area contributed by atoms with Gasteiger partial charge in [0.2, 0.25) is 0 Å². The van der Waals surface area contributed by atoms with Crippen LogP contribution in [-0.2, 0) is 12.8 Å². The third kappa shape index (κ3) is 6.26. The Balaban J connectivity index is 1.10. The van der Waals surface area contributed by atoms with Gasteiger partial charge in [-0.3, -0.25) is 0 Å². The van der Waals surface area contributed by atoms with Crippen molar-refractivity contribution in [1.82, 2.24) is 0 Å². The standard InChI is InChI=1S/C62H52N4/c1-63-55-19-7-3-15-43(55)23-25-45-27-29-47(37-59(45)63)61-51-33-31-50(66-36-12-18-42-14-6-10-22-58(42)66)40-54(51)62(48-30-28-46-26-24-44-16-4-8-20-56(44)64(2)60(46)38-48)52-34-32-49(39-53(52)61)65-35-11-17-41-13-5-9-21-57(41)65/h3-7,9-10,13-16,19,21-34,37-40H,8,11-12,17-18,20,35-36H2,1-2H3. The molecule has 0 unspecified atom stereocenters. The quantitative estimate of drug-likeness (QED) is 0.164. The Kier molecular flexibility index (Phi) is 9.16. The highest BCUT2D eigenvalue weighted by atomic mass is 15.2. The Bertz CT molecular complexity index is 3440. The maximum Gasteiger partial charge on any atom is 0.0488 e. The average molecular weight is 853 g/mol. The molecule has 5 aliphatic rings. The first-order chi connectivity index (χ1) is 32.6. The van der Waals surface area contributed by atoms with Crippen LogP contribution in [0.1, 0.15) is 53.5 Å². The number of fused-ring (bicyclic) bond motifs is 7. The molecule has 0 fully saturated rings. The molecule has 8 aromatic carbocycles. The van der Waals surface area contributed by atoms with E-state index in [4.69, 9.17) is 0 Å². The van der Waals surface area contributed by atoms with Crippen molar-refractivity contribution in [1.29, 1.82) is 0 Å². The van der Waals surface area contributed by atoms with E-state index in [0.717, 1.165) is 51.6 Å². The summed E-state index contributed by atoms with van der Waals surface area (Å²) in [6.45, 7) is 1.99.